The fourth-order valence-corrected chi connectivity index (χ4v) is 5.29. The highest BCUT2D eigenvalue weighted by atomic mass is 16.3. The Morgan fingerprint density at radius 3 is 1.97 bits per heavy atom. The average molecular weight is 459 g/mol. The summed E-state index contributed by atoms with van der Waals surface area (Å²) in [6.07, 6.45) is 14.5. The number of aliphatic hydroxyl groups is 1. The minimum atomic E-state index is -0.539. The molecule has 1 fully saturated rings. The van der Waals surface area contributed by atoms with Crippen LogP contribution in [0.15, 0.2) is 60.8 Å². The number of aliphatic hydroxyl groups excluding tert-OH is 1. The maximum absolute atomic E-state index is 13.5. The maximum atomic E-state index is 13.5. The molecule has 2 aliphatic rings. The van der Waals surface area contributed by atoms with Crippen molar-refractivity contribution in [2.24, 2.45) is 5.92 Å². The Kier molecular flexibility index (Phi) is 9.09. The number of carbonyl (C=O) groups is 1. The Morgan fingerprint density at radius 1 is 0.794 bits per heavy atom. The molecule has 1 amide bonds. The summed E-state index contributed by atoms with van der Waals surface area (Å²) in [5.41, 5.74) is 4.56. The lowest BCUT2D eigenvalue weighted by Crippen LogP contribution is -2.23. The highest BCUT2D eigenvalue weighted by molar-refractivity contribution is 5.97. The summed E-state index contributed by atoms with van der Waals surface area (Å²) in [5, 5.41) is 13.7. The molecule has 1 unspecified atom stereocenters. The van der Waals surface area contributed by atoms with E-state index >= 15 is 0 Å². The molecule has 0 saturated heterocycles. The number of aromatic nitrogens is 1. The molecule has 4 heteroatoms. The summed E-state index contributed by atoms with van der Waals surface area (Å²) in [4.78, 5) is 18.1. The molecule has 180 valence electrons. The van der Waals surface area contributed by atoms with Gasteiger partial charge in [-0.2, -0.15) is 0 Å². The van der Waals surface area contributed by atoms with Crippen molar-refractivity contribution in [3.05, 3.63) is 72.1 Å². The third-order valence-electron chi connectivity index (χ3n) is 7.19. The van der Waals surface area contributed by atoms with Gasteiger partial charge in [-0.15, -0.1) is 0 Å². The van der Waals surface area contributed by atoms with Gasteiger partial charge in [0.25, 0.3) is 0 Å². The monoisotopic (exact) mass is 458 g/mol. The van der Waals surface area contributed by atoms with Crippen LogP contribution in [0.25, 0.3) is 11.1 Å². The van der Waals surface area contributed by atoms with E-state index in [1.165, 1.54) is 38.5 Å². The van der Waals surface area contributed by atoms with E-state index in [9.17, 15) is 9.90 Å². The molecule has 1 aromatic carbocycles. The average Bonchev–Trinajstić information content (AvgIpc) is 3.19. The van der Waals surface area contributed by atoms with Crippen LogP contribution in [0.1, 0.15) is 88.0 Å². The second-order valence-electron chi connectivity index (χ2n) is 9.69. The van der Waals surface area contributed by atoms with Crippen molar-refractivity contribution >= 4 is 11.6 Å². The van der Waals surface area contributed by atoms with Gasteiger partial charge in [-0.25, -0.2) is 0 Å². The quantitative estimate of drug-likeness (QED) is 0.506. The maximum Gasteiger partial charge on any atom is 0.227 e. The molecule has 0 radical (unpaired) electrons. The van der Waals surface area contributed by atoms with Gasteiger partial charge in [0.2, 0.25) is 5.91 Å². The third kappa shape index (κ3) is 6.44. The molecule has 4 rings (SSSR count). The number of hydrogen-bond donors (Lipinski definition) is 2. The summed E-state index contributed by atoms with van der Waals surface area (Å²) in [7, 11) is 0. The second kappa shape index (κ2) is 12.7. The van der Waals surface area contributed by atoms with Crippen LogP contribution in [0.2, 0.25) is 0 Å². The summed E-state index contributed by atoms with van der Waals surface area (Å²) in [6.45, 7) is 0. The minimum Gasteiger partial charge on any atom is -0.387 e. The van der Waals surface area contributed by atoms with Crippen LogP contribution >= 0.6 is 0 Å². The van der Waals surface area contributed by atoms with Crippen LogP contribution in [-0.4, -0.2) is 16.0 Å². The van der Waals surface area contributed by atoms with Gasteiger partial charge in [-0.05, 0) is 36.8 Å². The molecule has 2 aliphatic carbocycles. The molecule has 0 bridgehead atoms. The van der Waals surface area contributed by atoms with Crippen molar-refractivity contribution in [2.75, 3.05) is 5.32 Å². The van der Waals surface area contributed by atoms with Crippen molar-refractivity contribution in [1.82, 2.24) is 4.98 Å². The Balaban J connectivity index is 1.66. The molecule has 2 aromatic rings. The van der Waals surface area contributed by atoms with Crippen molar-refractivity contribution in [2.45, 2.75) is 83.2 Å². The lowest BCUT2D eigenvalue weighted by molar-refractivity contribution is -0.120. The van der Waals surface area contributed by atoms with Gasteiger partial charge < -0.3 is 10.4 Å². The zero-order valence-corrected chi connectivity index (χ0v) is 20.2. The van der Waals surface area contributed by atoms with E-state index in [1.807, 2.05) is 42.5 Å². The van der Waals surface area contributed by atoms with E-state index in [4.69, 9.17) is 0 Å². The van der Waals surface area contributed by atoms with Gasteiger partial charge in [-0.3, -0.25) is 9.78 Å². The van der Waals surface area contributed by atoms with E-state index in [1.54, 1.807) is 6.20 Å². The second-order valence-corrected chi connectivity index (χ2v) is 9.69. The van der Waals surface area contributed by atoms with E-state index in [-0.39, 0.29) is 11.8 Å². The normalized spacial score (nSPS) is 19.4. The van der Waals surface area contributed by atoms with Gasteiger partial charge in [0.1, 0.15) is 0 Å². The Morgan fingerprint density at radius 2 is 1.35 bits per heavy atom. The molecule has 1 aromatic heterocycles. The fourth-order valence-electron chi connectivity index (χ4n) is 5.29. The predicted molar refractivity (Wildman–Crippen MR) is 139 cm³/mol. The van der Waals surface area contributed by atoms with Crippen molar-refractivity contribution < 1.29 is 9.90 Å². The Hall–Kier alpha value is -2.72. The van der Waals surface area contributed by atoms with Gasteiger partial charge in [-0.1, -0.05) is 106 Å². The van der Waals surface area contributed by atoms with E-state index < -0.39 is 6.10 Å². The summed E-state index contributed by atoms with van der Waals surface area (Å²) < 4.78 is 0. The van der Waals surface area contributed by atoms with Crippen molar-refractivity contribution in [3.8, 4) is 11.1 Å². The summed E-state index contributed by atoms with van der Waals surface area (Å²) >= 11 is 0. The van der Waals surface area contributed by atoms with E-state index in [2.05, 4.69) is 22.4 Å². The van der Waals surface area contributed by atoms with Gasteiger partial charge in [0, 0.05) is 11.5 Å². The van der Waals surface area contributed by atoms with Crippen LogP contribution in [-0.2, 0) is 11.2 Å². The highest BCUT2D eigenvalue weighted by Gasteiger charge is 2.28. The number of fused-ring (bicyclic) bond motifs is 1. The topological polar surface area (TPSA) is 62.2 Å². The first-order valence-corrected chi connectivity index (χ1v) is 13.1. The van der Waals surface area contributed by atoms with E-state index in [0.717, 1.165) is 60.2 Å². The molecule has 4 nitrogen and oxygen atoms in total. The Labute approximate surface area is 204 Å². The predicted octanol–water partition coefficient (Wildman–Crippen LogP) is 7.32. The largest absolute Gasteiger partial charge is 0.387 e. The van der Waals surface area contributed by atoms with Gasteiger partial charge in [0.15, 0.2) is 0 Å². The van der Waals surface area contributed by atoms with Gasteiger partial charge in [0.05, 0.1) is 23.7 Å². The minimum absolute atomic E-state index is 0.0475. The lowest BCUT2D eigenvalue weighted by Gasteiger charge is -2.20. The third-order valence-corrected chi connectivity index (χ3v) is 7.19. The molecular formula is C30H38N2O2. The number of nitrogens with one attached hydrogen (secondary N) is 1. The SMILES string of the molecule is O=C(Nc1cnc2c(c1-c1ccccccccc1)CCC2O)C1CCCCCCCCCC1. The van der Waals surface area contributed by atoms with Crippen LogP contribution in [0.5, 0.6) is 0 Å². The van der Waals surface area contributed by atoms with Gasteiger partial charge >= 0.3 is 0 Å². The van der Waals surface area contributed by atoms with Crippen LogP contribution in [0, 0.1) is 5.92 Å². The molecule has 0 aliphatic heterocycles. The number of amides is 1. The smallest absolute Gasteiger partial charge is 0.227 e. The fraction of sp³-hybridized carbons (Fsp3) is 0.467. The number of hydrogen-bond acceptors (Lipinski definition) is 3. The highest BCUT2D eigenvalue weighted by Crippen LogP contribution is 2.40. The first-order valence-electron chi connectivity index (χ1n) is 13.1. The number of rotatable bonds is 3. The molecule has 1 heterocycles. The molecular weight excluding hydrogens is 420 g/mol. The first kappa shape index (κ1) is 24.4. The van der Waals surface area contributed by atoms with Crippen LogP contribution < -0.4 is 5.32 Å². The lowest BCUT2D eigenvalue weighted by atomic mass is 9.93. The number of carbonyl (C=O) groups excluding carboxylic acids is 1. The number of anilines is 1. The van der Waals surface area contributed by atoms with Crippen molar-refractivity contribution in [1.29, 1.82) is 0 Å². The zero-order valence-electron chi connectivity index (χ0n) is 20.2. The van der Waals surface area contributed by atoms with E-state index in [0.29, 0.717) is 6.42 Å². The molecule has 2 N–H and O–H groups in total. The standard InChI is InChI=1S/C30H38N2O2/c33-27-21-20-25-28(23-16-12-8-6-3-7-9-13-17-23)26(22-31-29(25)27)32-30(34)24-18-14-10-4-1-2-5-11-15-19-24/h3,6-9,12-13,16-17,22,24,27,33H,1-2,4-5,10-11,14-15,18-21H2,(H,32,34). The Bertz CT molecular complexity index is 981. The zero-order chi connectivity index (χ0) is 23.6. The molecule has 0 spiro atoms. The molecule has 34 heavy (non-hydrogen) atoms. The summed E-state index contributed by atoms with van der Waals surface area (Å²) in [5.74, 6) is 0.162. The van der Waals surface area contributed by atoms with Crippen LogP contribution in [0.3, 0.4) is 0 Å². The number of nitrogens with zero attached hydrogens (tertiary/aromatic N) is 1. The van der Waals surface area contributed by atoms with Crippen LogP contribution in [0.4, 0.5) is 5.69 Å². The molecule has 1 atom stereocenters. The summed E-state index contributed by atoms with van der Waals surface area (Å²) in [6, 6.07) is 18.2. The first-order chi connectivity index (χ1) is 16.7. The molecule has 1 saturated carbocycles. The number of pyridine rings is 1. The van der Waals surface area contributed by atoms with Crippen molar-refractivity contribution in [3.63, 3.8) is 0 Å².